The van der Waals surface area contributed by atoms with Crippen LogP contribution in [0.4, 0.5) is 8.78 Å². The summed E-state index contributed by atoms with van der Waals surface area (Å²) >= 11 is 1.28. The van der Waals surface area contributed by atoms with Gasteiger partial charge in [-0.25, -0.2) is 8.78 Å². The molecular weight excluding hydrogens is 390 g/mol. The van der Waals surface area contributed by atoms with Crippen LogP contribution in [0.2, 0.25) is 0 Å². The summed E-state index contributed by atoms with van der Waals surface area (Å²) in [6.45, 7) is -0.00118. The predicted octanol–water partition coefficient (Wildman–Crippen LogP) is 5.77. The molecule has 0 spiro atoms. The Labute approximate surface area is 171 Å². The Balaban J connectivity index is 1.79. The molecule has 0 aliphatic heterocycles. The van der Waals surface area contributed by atoms with E-state index in [1.165, 1.54) is 30.0 Å². The number of aliphatic hydroxyl groups is 1. The zero-order valence-corrected chi connectivity index (χ0v) is 16.2. The molecule has 0 fully saturated rings. The van der Waals surface area contributed by atoms with Gasteiger partial charge in [0.05, 0.1) is 12.3 Å². The lowest BCUT2D eigenvalue weighted by Gasteiger charge is -2.05. The molecule has 146 valence electrons. The zero-order valence-electron chi connectivity index (χ0n) is 15.4. The van der Waals surface area contributed by atoms with Gasteiger partial charge in [0.1, 0.15) is 11.6 Å². The maximum absolute atomic E-state index is 14.5. The Morgan fingerprint density at radius 3 is 2.28 bits per heavy atom. The van der Waals surface area contributed by atoms with Crippen LogP contribution in [0.1, 0.15) is 0 Å². The summed E-state index contributed by atoms with van der Waals surface area (Å²) in [7, 11) is 0. The van der Waals surface area contributed by atoms with Crippen LogP contribution < -0.4 is 0 Å². The topological polar surface area (TPSA) is 48.9 Å². The number of halogens is 2. The van der Waals surface area contributed by atoms with Crippen molar-refractivity contribution in [1.29, 1.82) is 0 Å². The molecule has 0 radical (unpaired) electrons. The quantitative estimate of drug-likeness (QED) is 0.398. The van der Waals surface area contributed by atoms with Crippen LogP contribution in [0.25, 0.3) is 33.6 Å². The second kappa shape index (κ2) is 8.59. The van der Waals surface area contributed by atoms with Gasteiger partial charge in [-0.1, -0.05) is 6.07 Å². The van der Waals surface area contributed by atoms with Gasteiger partial charge in [-0.3, -0.25) is 4.98 Å². The van der Waals surface area contributed by atoms with Crippen LogP contribution in [0, 0.1) is 11.6 Å². The monoisotopic (exact) mass is 408 g/mol. The summed E-state index contributed by atoms with van der Waals surface area (Å²) in [5, 5.41) is 8.94. The fourth-order valence-corrected chi connectivity index (χ4v) is 3.83. The molecule has 0 saturated carbocycles. The molecule has 3 nitrogen and oxygen atoms in total. The van der Waals surface area contributed by atoms with Crippen molar-refractivity contribution in [1.82, 2.24) is 9.97 Å². The lowest BCUT2D eigenvalue weighted by Crippen LogP contribution is -1.89. The SMILES string of the molecule is OCCSc1ccc(-c2cc(-c3ccncc3)c(-c3ccc(F)cc3)[nH]2)cc1F. The molecule has 0 aliphatic carbocycles. The lowest BCUT2D eigenvalue weighted by molar-refractivity contribution is 0.322. The molecule has 0 atom stereocenters. The number of nitrogens with zero attached hydrogens (tertiary/aromatic N) is 1. The van der Waals surface area contributed by atoms with Gasteiger partial charge in [0.15, 0.2) is 0 Å². The predicted molar refractivity (Wildman–Crippen MR) is 113 cm³/mol. The standard InChI is InChI=1S/C23H18F2N2OS/c24-18-4-1-16(2-5-18)23-19(15-7-9-26-10-8-15)14-21(27-23)17-3-6-22(20(25)13-17)29-12-11-28/h1-10,13-14,27-28H,11-12H2. The van der Waals surface area contributed by atoms with Crippen LogP contribution in [0.3, 0.4) is 0 Å². The minimum atomic E-state index is -0.329. The average molecular weight is 408 g/mol. The normalized spacial score (nSPS) is 11.0. The van der Waals surface area contributed by atoms with Crippen molar-refractivity contribution in [2.45, 2.75) is 4.90 Å². The number of hydrogen-bond acceptors (Lipinski definition) is 3. The average Bonchev–Trinajstić information content (AvgIpc) is 3.19. The van der Waals surface area contributed by atoms with Crippen LogP contribution in [0.15, 0.2) is 78.0 Å². The van der Waals surface area contributed by atoms with Gasteiger partial charge in [-0.15, -0.1) is 11.8 Å². The van der Waals surface area contributed by atoms with Gasteiger partial charge in [0.2, 0.25) is 0 Å². The summed E-state index contributed by atoms with van der Waals surface area (Å²) in [4.78, 5) is 7.93. The number of rotatable bonds is 6. The Morgan fingerprint density at radius 1 is 0.862 bits per heavy atom. The summed E-state index contributed by atoms with van der Waals surface area (Å²) in [5.41, 5.74) is 5.00. The van der Waals surface area contributed by atoms with Gasteiger partial charge in [0.25, 0.3) is 0 Å². The molecule has 0 aliphatic rings. The molecule has 2 heterocycles. The molecule has 4 aromatic rings. The molecule has 0 unspecified atom stereocenters. The van der Waals surface area contributed by atoms with Crippen molar-refractivity contribution in [2.24, 2.45) is 0 Å². The van der Waals surface area contributed by atoms with E-state index in [4.69, 9.17) is 5.11 Å². The van der Waals surface area contributed by atoms with Crippen LogP contribution in [0.5, 0.6) is 0 Å². The van der Waals surface area contributed by atoms with Gasteiger partial charge in [-0.05, 0) is 65.7 Å². The summed E-state index contributed by atoms with van der Waals surface area (Å²) in [5.74, 6) is -0.187. The van der Waals surface area contributed by atoms with E-state index in [9.17, 15) is 8.78 Å². The van der Waals surface area contributed by atoms with Crippen molar-refractivity contribution >= 4 is 11.8 Å². The Hall–Kier alpha value is -2.96. The number of H-pyrrole nitrogens is 1. The third kappa shape index (κ3) is 4.23. The first kappa shape index (κ1) is 19.4. The van der Waals surface area contributed by atoms with Crippen LogP contribution in [-0.2, 0) is 0 Å². The number of benzene rings is 2. The molecular formula is C23H18F2N2OS. The van der Waals surface area contributed by atoms with Crippen LogP contribution >= 0.6 is 11.8 Å². The summed E-state index contributed by atoms with van der Waals surface area (Å²) in [6.07, 6.45) is 3.42. The Kier molecular flexibility index (Phi) is 5.74. The number of aliphatic hydroxyl groups excluding tert-OH is 1. The highest BCUT2D eigenvalue weighted by molar-refractivity contribution is 7.99. The third-order valence-corrected chi connectivity index (χ3v) is 5.56. The molecule has 0 bridgehead atoms. The molecule has 2 aromatic heterocycles. The molecule has 0 amide bonds. The number of aromatic amines is 1. The van der Waals surface area contributed by atoms with Crippen molar-refractivity contribution in [3.63, 3.8) is 0 Å². The maximum Gasteiger partial charge on any atom is 0.137 e. The highest BCUT2D eigenvalue weighted by atomic mass is 32.2. The summed E-state index contributed by atoms with van der Waals surface area (Å²) < 4.78 is 27.9. The summed E-state index contributed by atoms with van der Waals surface area (Å²) in [6, 6.07) is 17.1. The van der Waals surface area contributed by atoms with E-state index < -0.39 is 0 Å². The van der Waals surface area contributed by atoms with Gasteiger partial charge in [-0.2, -0.15) is 0 Å². The minimum absolute atomic E-state index is 0.00118. The number of thioether (sulfide) groups is 1. The van der Waals surface area contributed by atoms with Crippen molar-refractivity contribution in [3.05, 3.63) is 84.7 Å². The smallest absolute Gasteiger partial charge is 0.137 e. The van der Waals surface area contributed by atoms with E-state index in [2.05, 4.69) is 9.97 Å². The number of nitrogens with one attached hydrogen (secondary N) is 1. The lowest BCUT2D eigenvalue weighted by atomic mass is 10.0. The molecule has 2 aromatic carbocycles. The fraction of sp³-hybridized carbons (Fsp3) is 0.0870. The van der Waals surface area contributed by atoms with E-state index in [0.29, 0.717) is 16.2 Å². The van der Waals surface area contributed by atoms with E-state index in [0.717, 1.165) is 28.1 Å². The number of pyridine rings is 1. The van der Waals surface area contributed by atoms with Gasteiger partial charge < -0.3 is 10.1 Å². The maximum atomic E-state index is 14.5. The molecule has 0 saturated heterocycles. The van der Waals surface area contributed by atoms with Crippen molar-refractivity contribution < 1.29 is 13.9 Å². The Morgan fingerprint density at radius 2 is 1.59 bits per heavy atom. The highest BCUT2D eigenvalue weighted by Gasteiger charge is 2.15. The van der Waals surface area contributed by atoms with E-state index in [-0.39, 0.29) is 18.2 Å². The second-order valence-corrected chi connectivity index (χ2v) is 7.57. The van der Waals surface area contributed by atoms with Crippen molar-refractivity contribution in [2.75, 3.05) is 12.4 Å². The number of hydrogen-bond donors (Lipinski definition) is 2. The molecule has 29 heavy (non-hydrogen) atoms. The van der Waals surface area contributed by atoms with Gasteiger partial charge in [0, 0.05) is 39.9 Å². The van der Waals surface area contributed by atoms with Gasteiger partial charge >= 0.3 is 0 Å². The first-order valence-corrected chi connectivity index (χ1v) is 10.1. The van der Waals surface area contributed by atoms with Crippen molar-refractivity contribution in [3.8, 4) is 33.6 Å². The van der Waals surface area contributed by atoms with E-state index in [1.54, 1.807) is 30.6 Å². The second-order valence-electron chi connectivity index (χ2n) is 6.43. The van der Waals surface area contributed by atoms with Crippen LogP contribution in [-0.4, -0.2) is 27.4 Å². The molecule has 4 rings (SSSR count). The largest absolute Gasteiger partial charge is 0.396 e. The third-order valence-electron chi connectivity index (χ3n) is 4.53. The number of aromatic nitrogens is 2. The van der Waals surface area contributed by atoms with E-state index in [1.807, 2.05) is 24.3 Å². The fourth-order valence-electron chi connectivity index (χ4n) is 3.15. The van der Waals surface area contributed by atoms with E-state index >= 15 is 0 Å². The zero-order chi connectivity index (χ0) is 20.2. The first-order valence-electron chi connectivity index (χ1n) is 9.08. The Bertz CT molecular complexity index is 1110. The molecule has 6 heteroatoms. The first-order chi connectivity index (χ1) is 14.2. The highest BCUT2D eigenvalue weighted by Crippen LogP contribution is 2.36. The minimum Gasteiger partial charge on any atom is -0.396 e. The molecule has 2 N–H and O–H groups in total.